The fraction of sp³-hybridized carbons (Fsp3) is 0.333. The summed E-state index contributed by atoms with van der Waals surface area (Å²) in [5.74, 6) is 0.119. The number of aromatic nitrogens is 1. The molecular weight excluding hydrogens is 358 g/mol. The summed E-state index contributed by atoms with van der Waals surface area (Å²) in [6, 6.07) is 9.34. The number of nitrogens with zero attached hydrogens (tertiary/aromatic N) is 2. The number of aliphatic imine (C=N–C) groups is 1. The molecule has 27 heavy (non-hydrogen) atoms. The lowest BCUT2D eigenvalue weighted by Crippen LogP contribution is -2.41. The SMILES string of the molecule is CC1=C(C(=O)Nc2ccccn2)[C@@H](c2cccs2)C2C(=O)C[C@H](C)CC2=N1. The molecule has 138 valence electrons. The number of thiophene rings is 1. The van der Waals surface area contributed by atoms with E-state index in [4.69, 9.17) is 4.99 Å². The highest BCUT2D eigenvalue weighted by Gasteiger charge is 2.45. The van der Waals surface area contributed by atoms with Crippen LogP contribution in [0.2, 0.25) is 0 Å². The molecule has 3 atom stereocenters. The van der Waals surface area contributed by atoms with E-state index in [1.807, 2.05) is 30.5 Å². The summed E-state index contributed by atoms with van der Waals surface area (Å²) in [6.45, 7) is 3.94. The first kappa shape index (κ1) is 17.8. The van der Waals surface area contributed by atoms with Crippen LogP contribution in [0.3, 0.4) is 0 Å². The summed E-state index contributed by atoms with van der Waals surface area (Å²) in [4.78, 5) is 36.0. The van der Waals surface area contributed by atoms with Crippen molar-refractivity contribution in [1.29, 1.82) is 0 Å². The lowest BCUT2D eigenvalue weighted by molar-refractivity contribution is -0.122. The topological polar surface area (TPSA) is 71.4 Å². The molecule has 2 aliphatic rings. The van der Waals surface area contributed by atoms with E-state index in [2.05, 4.69) is 17.2 Å². The van der Waals surface area contributed by atoms with E-state index in [-0.39, 0.29) is 23.5 Å². The van der Waals surface area contributed by atoms with Crippen LogP contribution in [0.1, 0.15) is 37.5 Å². The first-order valence-electron chi connectivity index (χ1n) is 9.11. The predicted octanol–water partition coefficient (Wildman–Crippen LogP) is 4.21. The smallest absolute Gasteiger partial charge is 0.255 e. The van der Waals surface area contributed by atoms with Gasteiger partial charge in [0.15, 0.2) is 0 Å². The summed E-state index contributed by atoms with van der Waals surface area (Å²) < 4.78 is 0. The number of amides is 1. The van der Waals surface area contributed by atoms with Crippen molar-refractivity contribution in [3.63, 3.8) is 0 Å². The Balaban J connectivity index is 1.78. The number of hydrogen-bond donors (Lipinski definition) is 1. The lowest BCUT2D eigenvalue weighted by Gasteiger charge is -2.37. The molecule has 4 rings (SSSR count). The minimum atomic E-state index is -0.340. The molecule has 1 fully saturated rings. The number of ketones is 1. The molecule has 1 aliphatic carbocycles. The maximum absolute atomic E-state index is 13.1. The van der Waals surface area contributed by atoms with Gasteiger partial charge >= 0.3 is 0 Å². The maximum atomic E-state index is 13.1. The van der Waals surface area contributed by atoms with E-state index in [1.54, 1.807) is 29.7 Å². The van der Waals surface area contributed by atoms with Gasteiger partial charge in [0, 0.05) is 40.4 Å². The molecule has 0 aromatic carbocycles. The first-order chi connectivity index (χ1) is 13.0. The Labute approximate surface area is 162 Å². The van der Waals surface area contributed by atoms with Crippen LogP contribution < -0.4 is 5.32 Å². The van der Waals surface area contributed by atoms with Gasteiger partial charge in [-0.25, -0.2) is 4.98 Å². The third kappa shape index (κ3) is 3.37. The number of allylic oxidation sites excluding steroid dienone is 1. The van der Waals surface area contributed by atoms with Gasteiger partial charge in [-0.1, -0.05) is 19.1 Å². The fourth-order valence-corrected chi connectivity index (χ4v) is 4.95. The molecule has 1 aliphatic heterocycles. The van der Waals surface area contributed by atoms with Crippen LogP contribution in [-0.2, 0) is 9.59 Å². The number of carbonyl (C=O) groups excluding carboxylic acids is 2. The van der Waals surface area contributed by atoms with Crippen molar-refractivity contribution in [1.82, 2.24) is 4.98 Å². The number of hydrogen-bond acceptors (Lipinski definition) is 5. The molecule has 2 aromatic heterocycles. The third-order valence-electron chi connectivity index (χ3n) is 5.16. The van der Waals surface area contributed by atoms with Gasteiger partial charge in [0.1, 0.15) is 11.6 Å². The first-order valence-corrected chi connectivity index (χ1v) is 9.99. The van der Waals surface area contributed by atoms with E-state index in [0.717, 1.165) is 17.0 Å². The molecule has 2 aromatic rings. The monoisotopic (exact) mass is 379 g/mol. The van der Waals surface area contributed by atoms with Gasteiger partial charge in [0.25, 0.3) is 5.91 Å². The zero-order chi connectivity index (χ0) is 19.0. The minimum absolute atomic E-state index is 0.182. The van der Waals surface area contributed by atoms with Gasteiger partial charge in [0.05, 0.1) is 5.92 Å². The van der Waals surface area contributed by atoms with Crippen LogP contribution in [0.4, 0.5) is 5.82 Å². The molecule has 1 saturated carbocycles. The van der Waals surface area contributed by atoms with Gasteiger partial charge in [0.2, 0.25) is 0 Å². The highest BCUT2D eigenvalue weighted by Crippen LogP contribution is 2.45. The number of fused-ring (bicyclic) bond motifs is 1. The fourth-order valence-electron chi connectivity index (χ4n) is 4.07. The Kier molecular flexibility index (Phi) is 4.74. The van der Waals surface area contributed by atoms with Gasteiger partial charge in [-0.15, -0.1) is 11.3 Å². The Morgan fingerprint density at radius 3 is 2.74 bits per heavy atom. The van der Waals surface area contributed by atoms with Crippen molar-refractivity contribution >= 4 is 34.6 Å². The highest BCUT2D eigenvalue weighted by atomic mass is 32.1. The van der Waals surface area contributed by atoms with Crippen molar-refractivity contribution in [3.8, 4) is 0 Å². The largest absolute Gasteiger partial charge is 0.307 e. The summed E-state index contributed by atoms with van der Waals surface area (Å²) in [6.07, 6.45) is 2.99. The molecule has 0 bridgehead atoms. The number of carbonyl (C=O) groups is 2. The second kappa shape index (κ2) is 7.19. The third-order valence-corrected chi connectivity index (χ3v) is 6.11. The van der Waals surface area contributed by atoms with Gasteiger partial charge in [-0.3, -0.25) is 14.6 Å². The van der Waals surface area contributed by atoms with Gasteiger partial charge in [-0.05, 0) is 42.8 Å². The Morgan fingerprint density at radius 1 is 1.19 bits per heavy atom. The molecular formula is C21H21N3O2S. The zero-order valence-electron chi connectivity index (χ0n) is 15.3. The molecule has 0 saturated heterocycles. The van der Waals surface area contributed by atoms with Crippen molar-refractivity contribution in [2.45, 2.75) is 32.6 Å². The average Bonchev–Trinajstić information content (AvgIpc) is 3.15. The average molecular weight is 379 g/mol. The normalized spacial score (nSPS) is 25.0. The Bertz CT molecular complexity index is 932. The summed E-state index contributed by atoms with van der Waals surface area (Å²) >= 11 is 1.58. The minimum Gasteiger partial charge on any atom is -0.307 e. The van der Waals surface area contributed by atoms with Crippen LogP contribution in [0.5, 0.6) is 0 Å². The second-order valence-corrected chi connectivity index (χ2v) is 8.20. The zero-order valence-corrected chi connectivity index (χ0v) is 16.1. The molecule has 0 radical (unpaired) electrons. The number of pyridine rings is 1. The van der Waals surface area contributed by atoms with E-state index in [0.29, 0.717) is 29.4 Å². The number of rotatable bonds is 3. The number of anilines is 1. The van der Waals surface area contributed by atoms with Gasteiger partial charge in [-0.2, -0.15) is 0 Å². The van der Waals surface area contributed by atoms with Crippen molar-refractivity contribution in [3.05, 3.63) is 58.1 Å². The Hall–Kier alpha value is -2.60. The quantitative estimate of drug-likeness (QED) is 0.868. The van der Waals surface area contributed by atoms with Crippen LogP contribution in [-0.4, -0.2) is 22.4 Å². The molecule has 5 nitrogen and oxygen atoms in total. The molecule has 0 spiro atoms. The van der Waals surface area contributed by atoms with Crippen LogP contribution >= 0.6 is 11.3 Å². The maximum Gasteiger partial charge on any atom is 0.255 e. The lowest BCUT2D eigenvalue weighted by atomic mass is 9.69. The van der Waals surface area contributed by atoms with Crippen LogP contribution in [0.25, 0.3) is 0 Å². The highest BCUT2D eigenvalue weighted by molar-refractivity contribution is 7.10. The molecule has 1 N–H and O–H groups in total. The van der Waals surface area contributed by atoms with E-state index < -0.39 is 0 Å². The van der Waals surface area contributed by atoms with E-state index in [1.165, 1.54) is 0 Å². The predicted molar refractivity (Wildman–Crippen MR) is 107 cm³/mol. The van der Waals surface area contributed by atoms with Crippen molar-refractivity contribution in [2.24, 2.45) is 16.8 Å². The number of nitrogens with one attached hydrogen (secondary N) is 1. The van der Waals surface area contributed by atoms with Crippen LogP contribution in [0.15, 0.2) is 58.2 Å². The standard InChI is InChI=1S/C21H21N3O2S/c1-12-10-14-19(15(25)11-12)20(16-6-5-9-27-16)18(13(2)23-14)21(26)24-17-7-3-4-8-22-17/h3-9,12,19-20H,10-11H2,1-2H3,(H,22,24,26)/t12-,19?,20-/m1/s1. The summed E-state index contributed by atoms with van der Waals surface area (Å²) in [7, 11) is 0. The number of Topliss-reactive ketones (excluding diaryl/α,β-unsaturated/α-hetero) is 1. The molecule has 6 heteroatoms. The molecule has 3 heterocycles. The summed E-state index contributed by atoms with van der Waals surface area (Å²) in [5.41, 5.74) is 2.18. The molecule has 1 amide bonds. The summed E-state index contributed by atoms with van der Waals surface area (Å²) in [5, 5.41) is 4.86. The van der Waals surface area contributed by atoms with E-state index >= 15 is 0 Å². The second-order valence-electron chi connectivity index (χ2n) is 7.22. The van der Waals surface area contributed by atoms with Crippen molar-refractivity contribution in [2.75, 3.05) is 5.32 Å². The van der Waals surface area contributed by atoms with Gasteiger partial charge < -0.3 is 5.32 Å². The van der Waals surface area contributed by atoms with Crippen molar-refractivity contribution < 1.29 is 9.59 Å². The Morgan fingerprint density at radius 2 is 2.04 bits per heavy atom. The van der Waals surface area contributed by atoms with Crippen LogP contribution in [0, 0.1) is 11.8 Å². The molecule has 1 unspecified atom stereocenters. The van der Waals surface area contributed by atoms with E-state index in [9.17, 15) is 9.59 Å².